The van der Waals surface area contributed by atoms with Crippen LogP contribution in [0.1, 0.15) is 49.7 Å². The molecule has 0 radical (unpaired) electrons. The molecule has 2 heterocycles. The van der Waals surface area contributed by atoms with Crippen LogP contribution in [0.3, 0.4) is 0 Å². The second-order valence-electron chi connectivity index (χ2n) is 6.71. The maximum atomic E-state index is 11.8. The van der Waals surface area contributed by atoms with E-state index in [1.165, 1.54) is 24.8 Å². The monoisotopic (exact) mass is 311 g/mol. The van der Waals surface area contributed by atoms with E-state index in [1.54, 1.807) is 0 Å². The van der Waals surface area contributed by atoms with Gasteiger partial charge in [0.1, 0.15) is 0 Å². The highest BCUT2D eigenvalue weighted by Crippen LogP contribution is 2.23. The second kappa shape index (κ2) is 7.61. The normalized spacial score (nSPS) is 22.3. The van der Waals surface area contributed by atoms with Crippen LogP contribution in [-0.4, -0.2) is 41.4 Å². The van der Waals surface area contributed by atoms with Crippen molar-refractivity contribution >= 4 is 5.91 Å². The molecule has 4 nitrogen and oxygen atoms in total. The highest BCUT2D eigenvalue weighted by molar-refractivity contribution is 5.78. The standard InChI is InChI=1S/C19H25N3O/c20-14-16-5-3-6-17(13-16)15-22-10-2-1-7-18(22)9-12-21-11-4-8-19(21)23/h3,5-6,13,18H,1-2,4,7-12,15H2/t18-/m0/s1. The van der Waals surface area contributed by atoms with Gasteiger partial charge in [0, 0.05) is 32.1 Å². The van der Waals surface area contributed by atoms with Gasteiger partial charge in [-0.3, -0.25) is 9.69 Å². The molecule has 2 aliphatic rings. The first-order valence-electron chi connectivity index (χ1n) is 8.77. The number of amides is 1. The van der Waals surface area contributed by atoms with Gasteiger partial charge in [-0.25, -0.2) is 0 Å². The van der Waals surface area contributed by atoms with Crippen molar-refractivity contribution in [2.75, 3.05) is 19.6 Å². The average Bonchev–Trinajstić information content (AvgIpc) is 2.99. The Morgan fingerprint density at radius 1 is 1.22 bits per heavy atom. The lowest BCUT2D eigenvalue weighted by Gasteiger charge is -2.36. The number of carbonyl (C=O) groups excluding carboxylic acids is 1. The van der Waals surface area contributed by atoms with Crippen LogP contribution >= 0.6 is 0 Å². The lowest BCUT2D eigenvalue weighted by atomic mass is 9.98. The van der Waals surface area contributed by atoms with Crippen molar-refractivity contribution in [2.24, 2.45) is 0 Å². The Labute approximate surface area is 138 Å². The molecule has 0 bridgehead atoms. The number of likely N-dealkylation sites (tertiary alicyclic amines) is 2. The number of hydrogen-bond acceptors (Lipinski definition) is 3. The summed E-state index contributed by atoms with van der Waals surface area (Å²) in [5.41, 5.74) is 1.95. The zero-order valence-electron chi connectivity index (χ0n) is 13.7. The summed E-state index contributed by atoms with van der Waals surface area (Å²) in [6.07, 6.45) is 6.58. The van der Waals surface area contributed by atoms with E-state index in [4.69, 9.17) is 5.26 Å². The molecule has 0 spiro atoms. The largest absolute Gasteiger partial charge is 0.343 e. The first kappa shape index (κ1) is 16.0. The van der Waals surface area contributed by atoms with E-state index in [9.17, 15) is 4.79 Å². The number of hydrogen-bond donors (Lipinski definition) is 0. The number of carbonyl (C=O) groups is 1. The minimum Gasteiger partial charge on any atom is -0.343 e. The molecule has 1 amide bonds. The second-order valence-corrected chi connectivity index (χ2v) is 6.71. The lowest BCUT2D eigenvalue weighted by molar-refractivity contribution is -0.127. The van der Waals surface area contributed by atoms with Gasteiger partial charge in [0.15, 0.2) is 0 Å². The Kier molecular flexibility index (Phi) is 5.30. The van der Waals surface area contributed by atoms with Gasteiger partial charge in [-0.2, -0.15) is 5.26 Å². The Morgan fingerprint density at radius 2 is 2.13 bits per heavy atom. The molecule has 1 atom stereocenters. The summed E-state index contributed by atoms with van der Waals surface area (Å²) in [6.45, 7) is 3.87. The molecule has 0 aliphatic carbocycles. The molecule has 0 unspecified atom stereocenters. The van der Waals surface area contributed by atoms with Crippen LogP contribution in [-0.2, 0) is 11.3 Å². The summed E-state index contributed by atoms with van der Waals surface area (Å²) in [4.78, 5) is 16.3. The van der Waals surface area contributed by atoms with Crippen molar-refractivity contribution in [3.63, 3.8) is 0 Å². The molecular weight excluding hydrogens is 286 g/mol. The molecular formula is C19H25N3O. The Balaban J connectivity index is 1.59. The van der Waals surface area contributed by atoms with E-state index in [0.717, 1.165) is 51.0 Å². The van der Waals surface area contributed by atoms with Gasteiger partial charge in [0.05, 0.1) is 11.6 Å². The van der Waals surface area contributed by atoms with E-state index in [1.807, 2.05) is 23.1 Å². The molecule has 23 heavy (non-hydrogen) atoms. The highest BCUT2D eigenvalue weighted by Gasteiger charge is 2.25. The quantitative estimate of drug-likeness (QED) is 0.840. The van der Waals surface area contributed by atoms with Gasteiger partial charge in [-0.15, -0.1) is 0 Å². The smallest absolute Gasteiger partial charge is 0.222 e. The zero-order valence-corrected chi connectivity index (χ0v) is 13.7. The van der Waals surface area contributed by atoms with E-state index in [-0.39, 0.29) is 0 Å². The summed E-state index contributed by atoms with van der Waals surface area (Å²) < 4.78 is 0. The van der Waals surface area contributed by atoms with Crippen molar-refractivity contribution in [1.82, 2.24) is 9.80 Å². The fourth-order valence-corrected chi connectivity index (χ4v) is 3.81. The van der Waals surface area contributed by atoms with Crippen LogP contribution in [0.2, 0.25) is 0 Å². The highest BCUT2D eigenvalue weighted by atomic mass is 16.2. The molecule has 1 aromatic rings. The zero-order chi connectivity index (χ0) is 16.1. The summed E-state index contributed by atoms with van der Waals surface area (Å²) in [5.74, 6) is 0.328. The first-order chi connectivity index (χ1) is 11.3. The van der Waals surface area contributed by atoms with Gasteiger partial charge < -0.3 is 4.90 Å². The number of nitrogens with zero attached hydrogens (tertiary/aromatic N) is 3. The molecule has 0 N–H and O–H groups in total. The fraction of sp³-hybridized carbons (Fsp3) is 0.579. The minimum absolute atomic E-state index is 0.328. The van der Waals surface area contributed by atoms with Crippen LogP contribution in [0, 0.1) is 11.3 Å². The SMILES string of the molecule is N#Cc1cccc(CN2CCCC[C@H]2CCN2CCCC2=O)c1. The van der Waals surface area contributed by atoms with Crippen LogP contribution in [0.15, 0.2) is 24.3 Å². The maximum Gasteiger partial charge on any atom is 0.222 e. The van der Waals surface area contributed by atoms with Crippen molar-refractivity contribution in [3.8, 4) is 6.07 Å². The Morgan fingerprint density at radius 3 is 2.91 bits per heavy atom. The molecule has 1 aromatic carbocycles. The lowest BCUT2D eigenvalue weighted by Crippen LogP contribution is -2.41. The summed E-state index contributed by atoms with van der Waals surface area (Å²) in [7, 11) is 0. The molecule has 2 saturated heterocycles. The summed E-state index contributed by atoms with van der Waals surface area (Å²) in [5, 5.41) is 9.05. The van der Waals surface area contributed by atoms with Gasteiger partial charge in [0.2, 0.25) is 5.91 Å². The van der Waals surface area contributed by atoms with Crippen molar-refractivity contribution in [1.29, 1.82) is 5.26 Å². The Hall–Kier alpha value is -1.86. The Bertz CT molecular complexity index is 593. The van der Waals surface area contributed by atoms with Crippen LogP contribution < -0.4 is 0 Å². The third-order valence-electron chi connectivity index (χ3n) is 5.09. The van der Waals surface area contributed by atoms with Crippen LogP contribution in [0.4, 0.5) is 0 Å². The molecule has 3 rings (SSSR count). The molecule has 0 saturated carbocycles. The van der Waals surface area contributed by atoms with Crippen molar-refractivity contribution in [3.05, 3.63) is 35.4 Å². The van der Waals surface area contributed by atoms with E-state index < -0.39 is 0 Å². The van der Waals surface area contributed by atoms with Gasteiger partial charge in [-0.05, 0) is 49.9 Å². The molecule has 2 aliphatic heterocycles. The van der Waals surface area contributed by atoms with Crippen LogP contribution in [0.5, 0.6) is 0 Å². The molecule has 122 valence electrons. The number of rotatable bonds is 5. The van der Waals surface area contributed by atoms with E-state index >= 15 is 0 Å². The van der Waals surface area contributed by atoms with Gasteiger partial charge in [0.25, 0.3) is 0 Å². The third-order valence-corrected chi connectivity index (χ3v) is 5.09. The topological polar surface area (TPSA) is 47.3 Å². The van der Waals surface area contributed by atoms with E-state index in [0.29, 0.717) is 11.9 Å². The van der Waals surface area contributed by atoms with E-state index in [2.05, 4.69) is 17.0 Å². The number of piperidine rings is 1. The number of benzene rings is 1. The molecule has 2 fully saturated rings. The summed E-state index contributed by atoms with van der Waals surface area (Å²) >= 11 is 0. The molecule has 0 aromatic heterocycles. The predicted molar refractivity (Wildman–Crippen MR) is 89.6 cm³/mol. The van der Waals surface area contributed by atoms with Crippen LogP contribution in [0.25, 0.3) is 0 Å². The predicted octanol–water partition coefficient (Wildman–Crippen LogP) is 2.93. The fourth-order valence-electron chi connectivity index (χ4n) is 3.81. The maximum absolute atomic E-state index is 11.8. The first-order valence-corrected chi connectivity index (χ1v) is 8.77. The van der Waals surface area contributed by atoms with Gasteiger partial charge in [-0.1, -0.05) is 18.6 Å². The van der Waals surface area contributed by atoms with Gasteiger partial charge >= 0.3 is 0 Å². The molecule has 4 heteroatoms. The van der Waals surface area contributed by atoms with Crippen molar-refractivity contribution < 1.29 is 4.79 Å². The third kappa shape index (κ3) is 4.11. The average molecular weight is 311 g/mol. The summed E-state index contributed by atoms with van der Waals surface area (Å²) in [6, 6.07) is 10.7. The number of nitriles is 1. The van der Waals surface area contributed by atoms with Crippen molar-refractivity contribution in [2.45, 2.75) is 51.1 Å². The minimum atomic E-state index is 0.328.